The van der Waals surface area contributed by atoms with Crippen molar-refractivity contribution < 1.29 is 4.74 Å². The largest absolute Gasteiger partial charge is 0.376 e. The predicted octanol–water partition coefficient (Wildman–Crippen LogP) is 3.18. The molecule has 1 atom stereocenters. The summed E-state index contributed by atoms with van der Waals surface area (Å²) in [6, 6.07) is 16.3. The number of ether oxygens (including phenoxy) is 1. The van der Waals surface area contributed by atoms with Gasteiger partial charge in [0.05, 0.1) is 11.7 Å². The second-order valence-electron chi connectivity index (χ2n) is 5.83. The lowest BCUT2D eigenvalue weighted by molar-refractivity contribution is 0.0666. The second-order valence-corrected chi connectivity index (χ2v) is 5.83. The number of pyridine rings is 1. The minimum absolute atomic E-state index is 0.281. The van der Waals surface area contributed by atoms with Crippen LogP contribution in [0.5, 0.6) is 0 Å². The maximum Gasteiger partial charge on any atom is 0.128 e. The molecule has 1 aromatic carbocycles. The third-order valence-electron chi connectivity index (χ3n) is 4.15. The first kappa shape index (κ1) is 15.5. The molecule has 0 bridgehead atoms. The Balaban J connectivity index is 1.40. The summed E-state index contributed by atoms with van der Waals surface area (Å²) in [5.41, 5.74) is 1.97. The highest BCUT2D eigenvalue weighted by molar-refractivity contribution is 5.42. The third kappa shape index (κ3) is 4.30. The first-order valence-electron chi connectivity index (χ1n) is 8.12. The van der Waals surface area contributed by atoms with Crippen LogP contribution in [0.25, 0.3) is 0 Å². The van der Waals surface area contributed by atoms with Gasteiger partial charge in [-0.15, -0.1) is 0 Å². The number of rotatable bonds is 6. The van der Waals surface area contributed by atoms with Gasteiger partial charge in [0.15, 0.2) is 0 Å². The fourth-order valence-electron chi connectivity index (χ4n) is 2.88. The first-order valence-corrected chi connectivity index (χ1v) is 8.12. The van der Waals surface area contributed by atoms with E-state index in [0.717, 1.165) is 44.8 Å². The number of aryl methyl sites for hydroxylation is 1. The fourth-order valence-corrected chi connectivity index (χ4v) is 2.88. The van der Waals surface area contributed by atoms with E-state index in [1.165, 1.54) is 5.56 Å². The summed E-state index contributed by atoms with van der Waals surface area (Å²) < 4.78 is 6.00. The van der Waals surface area contributed by atoms with Crippen molar-refractivity contribution in [2.45, 2.75) is 25.4 Å². The molecule has 0 N–H and O–H groups in total. The number of aromatic nitrogens is 1. The molecule has 1 aliphatic heterocycles. The highest BCUT2D eigenvalue weighted by atomic mass is 16.5. The summed E-state index contributed by atoms with van der Waals surface area (Å²) >= 11 is 0. The zero-order valence-corrected chi connectivity index (χ0v) is 13.2. The summed E-state index contributed by atoms with van der Waals surface area (Å²) in [5.74, 6) is 0.930. The highest BCUT2D eigenvalue weighted by Gasteiger charge is 2.23. The molecule has 1 aliphatic rings. The van der Waals surface area contributed by atoms with E-state index in [0.29, 0.717) is 5.56 Å². The molecule has 4 nitrogen and oxygen atoms in total. The van der Waals surface area contributed by atoms with Gasteiger partial charge in [-0.05, 0) is 37.0 Å². The molecular formula is C19H21N3O. The van der Waals surface area contributed by atoms with Gasteiger partial charge < -0.3 is 9.64 Å². The smallest absolute Gasteiger partial charge is 0.128 e. The molecule has 2 heterocycles. The molecule has 1 unspecified atom stereocenters. The molecule has 118 valence electrons. The highest BCUT2D eigenvalue weighted by Crippen LogP contribution is 2.20. The summed E-state index contributed by atoms with van der Waals surface area (Å²) in [7, 11) is 0. The van der Waals surface area contributed by atoms with Crippen LogP contribution in [0, 0.1) is 11.3 Å². The van der Waals surface area contributed by atoms with Gasteiger partial charge in [-0.2, -0.15) is 5.26 Å². The number of benzene rings is 1. The van der Waals surface area contributed by atoms with Gasteiger partial charge in [-0.3, -0.25) is 0 Å². The van der Waals surface area contributed by atoms with Crippen LogP contribution in [0.1, 0.15) is 24.0 Å². The number of nitrogens with zero attached hydrogens (tertiary/aromatic N) is 3. The Kier molecular flexibility index (Phi) is 5.23. The number of hydrogen-bond acceptors (Lipinski definition) is 4. The van der Waals surface area contributed by atoms with Crippen molar-refractivity contribution in [3.05, 3.63) is 59.8 Å². The monoisotopic (exact) mass is 307 g/mol. The molecule has 4 heteroatoms. The number of nitriles is 1. The maximum atomic E-state index is 8.82. The molecule has 1 fully saturated rings. The van der Waals surface area contributed by atoms with Gasteiger partial charge in [0.2, 0.25) is 0 Å². The van der Waals surface area contributed by atoms with Crippen molar-refractivity contribution in [2.75, 3.05) is 24.6 Å². The zero-order valence-electron chi connectivity index (χ0n) is 13.2. The maximum absolute atomic E-state index is 8.82. The van der Waals surface area contributed by atoms with Crippen molar-refractivity contribution >= 4 is 5.82 Å². The minimum atomic E-state index is 0.281. The molecule has 0 spiro atoms. The summed E-state index contributed by atoms with van der Waals surface area (Å²) in [4.78, 5) is 6.58. The molecule has 0 radical (unpaired) electrons. The first-order chi connectivity index (χ1) is 11.3. The molecule has 3 rings (SSSR count). The predicted molar refractivity (Wildman–Crippen MR) is 90.3 cm³/mol. The Morgan fingerprint density at radius 1 is 1.22 bits per heavy atom. The van der Waals surface area contributed by atoms with E-state index in [4.69, 9.17) is 10.00 Å². The Labute approximate surface area is 137 Å². The number of hydrogen-bond donors (Lipinski definition) is 0. The lowest BCUT2D eigenvalue weighted by Crippen LogP contribution is -2.24. The molecule has 0 amide bonds. The Morgan fingerprint density at radius 3 is 2.83 bits per heavy atom. The minimum Gasteiger partial charge on any atom is -0.376 e. The van der Waals surface area contributed by atoms with Crippen molar-refractivity contribution in [3.8, 4) is 6.07 Å². The van der Waals surface area contributed by atoms with E-state index in [1.807, 2.05) is 18.2 Å². The topological polar surface area (TPSA) is 49.2 Å². The van der Waals surface area contributed by atoms with E-state index in [-0.39, 0.29) is 6.10 Å². The summed E-state index contributed by atoms with van der Waals surface area (Å²) in [6.07, 6.45) is 5.06. The Morgan fingerprint density at radius 2 is 2.09 bits per heavy atom. The zero-order chi connectivity index (χ0) is 15.9. The fraction of sp³-hybridized carbons (Fsp3) is 0.368. The van der Waals surface area contributed by atoms with Crippen LogP contribution >= 0.6 is 0 Å². The van der Waals surface area contributed by atoms with E-state index in [1.54, 1.807) is 6.20 Å². The molecule has 1 saturated heterocycles. The van der Waals surface area contributed by atoms with Crippen LogP contribution in [-0.4, -0.2) is 30.8 Å². The van der Waals surface area contributed by atoms with Crippen LogP contribution in [0.4, 0.5) is 5.82 Å². The van der Waals surface area contributed by atoms with Crippen LogP contribution in [0.15, 0.2) is 48.7 Å². The van der Waals surface area contributed by atoms with Crippen molar-refractivity contribution in [2.24, 2.45) is 0 Å². The molecule has 1 aromatic heterocycles. The van der Waals surface area contributed by atoms with E-state index >= 15 is 0 Å². The van der Waals surface area contributed by atoms with Crippen LogP contribution in [0.3, 0.4) is 0 Å². The SMILES string of the molecule is N#Cc1ccc(N2CCC(OCCCc3ccccc3)C2)nc1. The lowest BCUT2D eigenvalue weighted by atomic mass is 10.1. The van der Waals surface area contributed by atoms with E-state index in [2.05, 4.69) is 40.2 Å². The third-order valence-corrected chi connectivity index (χ3v) is 4.15. The summed E-state index contributed by atoms with van der Waals surface area (Å²) in [6.45, 7) is 2.64. The van der Waals surface area contributed by atoms with Gasteiger partial charge in [0, 0.05) is 25.9 Å². The van der Waals surface area contributed by atoms with Crippen LogP contribution in [-0.2, 0) is 11.2 Å². The Bertz CT molecular complexity index is 649. The van der Waals surface area contributed by atoms with Gasteiger partial charge in [0.25, 0.3) is 0 Å². The standard InChI is InChI=1S/C19H21N3O/c20-13-17-8-9-19(21-14-17)22-11-10-18(15-22)23-12-4-7-16-5-2-1-3-6-16/h1-3,5-6,8-9,14,18H,4,7,10-12,15H2. The second kappa shape index (κ2) is 7.75. The van der Waals surface area contributed by atoms with Crippen LogP contribution < -0.4 is 4.90 Å². The Hall–Kier alpha value is -2.38. The molecular weight excluding hydrogens is 286 g/mol. The normalized spacial score (nSPS) is 17.2. The molecule has 2 aromatic rings. The van der Waals surface area contributed by atoms with E-state index in [9.17, 15) is 0 Å². The summed E-state index contributed by atoms with van der Waals surface area (Å²) in [5, 5.41) is 8.82. The molecule has 0 saturated carbocycles. The lowest BCUT2D eigenvalue weighted by Gasteiger charge is -2.17. The van der Waals surface area contributed by atoms with Gasteiger partial charge in [0.1, 0.15) is 11.9 Å². The van der Waals surface area contributed by atoms with Gasteiger partial charge >= 0.3 is 0 Å². The quantitative estimate of drug-likeness (QED) is 0.769. The van der Waals surface area contributed by atoms with Crippen molar-refractivity contribution in [3.63, 3.8) is 0 Å². The molecule has 0 aliphatic carbocycles. The van der Waals surface area contributed by atoms with Gasteiger partial charge in [-0.25, -0.2) is 4.98 Å². The van der Waals surface area contributed by atoms with E-state index < -0.39 is 0 Å². The molecule has 23 heavy (non-hydrogen) atoms. The average molecular weight is 307 g/mol. The average Bonchev–Trinajstić information content (AvgIpc) is 3.09. The van der Waals surface area contributed by atoms with Crippen molar-refractivity contribution in [1.82, 2.24) is 4.98 Å². The number of anilines is 1. The van der Waals surface area contributed by atoms with Crippen molar-refractivity contribution in [1.29, 1.82) is 5.26 Å². The van der Waals surface area contributed by atoms with Crippen LogP contribution in [0.2, 0.25) is 0 Å². The van der Waals surface area contributed by atoms with Gasteiger partial charge in [-0.1, -0.05) is 30.3 Å².